The Kier molecular flexibility index (Phi) is 5.61. The molecule has 0 saturated carbocycles. The van der Waals surface area contributed by atoms with E-state index in [2.05, 4.69) is 28.1 Å². The van der Waals surface area contributed by atoms with Gasteiger partial charge in [-0.3, -0.25) is 4.79 Å². The van der Waals surface area contributed by atoms with Gasteiger partial charge in [-0.25, -0.2) is 0 Å². The average molecular weight is 339 g/mol. The zero-order valence-corrected chi connectivity index (χ0v) is 13.6. The molecule has 2 atom stereocenters. The highest BCUT2D eigenvalue weighted by atomic mass is 79.9. The Morgan fingerprint density at radius 2 is 2.15 bits per heavy atom. The van der Waals surface area contributed by atoms with E-state index in [-0.39, 0.29) is 11.9 Å². The minimum absolute atomic E-state index is 0.178. The molecule has 2 rings (SSSR count). The summed E-state index contributed by atoms with van der Waals surface area (Å²) < 4.78 is 1.07. The van der Waals surface area contributed by atoms with Gasteiger partial charge in [0.1, 0.15) is 0 Å². The molecule has 0 aliphatic carbocycles. The van der Waals surface area contributed by atoms with Crippen LogP contribution in [0.4, 0.5) is 0 Å². The Hall–Kier alpha value is -0.870. The predicted octanol–water partition coefficient (Wildman–Crippen LogP) is 2.97. The number of piperidine rings is 1. The van der Waals surface area contributed by atoms with Crippen LogP contribution in [-0.4, -0.2) is 29.9 Å². The van der Waals surface area contributed by atoms with Gasteiger partial charge < -0.3 is 10.6 Å². The molecule has 110 valence electrons. The first-order valence-electron chi connectivity index (χ1n) is 7.34. The molecule has 1 aliphatic rings. The van der Waals surface area contributed by atoms with Crippen LogP contribution in [0.2, 0.25) is 0 Å². The summed E-state index contributed by atoms with van der Waals surface area (Å²) >= 11 is 3.42. The van der Waals surface area contributed by atoms with Crippen LogP contribution in [0, 0.1) is 5.92 Å². The number of nitrogens with two attached hydrogens (primary N) is 1. The lowest BCUT2D eigenvalue weighted by Crippen LogP contribution is -2.45. The van der Waals surface area contributed by atoms with Gasteiger partial charge in [0.25, 0.3) is 0 Å². The average Bonchev–Trinajstić information content (AvgIpc) is 2.46. The third-order valence-electron chi connectivity index (χ3n) is 4.09. The van der Waals surface area contributed by atoms with Gasteiger partial charge in [0.05, 0.1) is 0 Å². The number of rotatable bonds is 4. The molecule has 20 heavy (non-hydrogen) atoms. The Bertz CT molecular complexity index is 444. The van der Waals surface area contributed by atoms with E-state index in [0.29, 0.717) is 12.3 Å². The summed E-state index contributed by atoms with van der Waals surface area (Å²) in [5, 5.41) is 0. The van der Waals surface area contributed by atoms with E-state index in [9.17, 15) is 4.79 Å². The van der Waals surface area contributed by atoms with Crippen LogP contribution in [0.5, 0.6) is 0 Å². The zero-order valence-electron chi connectivity index (χ0n) is 12.0. The number of carbonyl (C=O) groups is 1. The van der Waals surface area contributed by atoms with Gasteiger partial charge in [-0.15, -0.1) is 0 Å². The van der Waals surface area contributed by atoms with Gasteiger partial charge in [-0.05, 0) is 49.8 Å². The Labute approximate surface area is 129 Å². The molecule has 1 amide bonds. The molecular formula is C16H23BrN2O. The third kappa shape index (κ3) is 4.32. The molecule has 0 bridgehead atoms. The van der Waals surface area contributed by atoms with E-state index in [1.165, 1.54) is 5.56 Å². The number of halogens is 1. The second kappa shape index (κ2) is 7.23. The van der Waals surface area contributed by atoms with Crippen molar-refractivity contribution in [1.82, 2.24) is 4.90 Å². The highest BCUT2D eigenvalue weighted by molar-refractivity contribution is 9.10. The number of likely N-dealkylation sites (tertiary alicyclic amines) is 1. The minimum atomic E-state index is 0.178. The Morgan fingerprint density at radius 3 is 2.80 bits per heavy atom. The first-order chi connectivity index (χ1) is 9.56. The van der Waals surface area contributed by atoms with E-state index in [4.69, 9.17) is 5.73 Å². The molecule has 1 aliphatic heterocycles. The fourth-order valence-corrected chi connectivity index (χ4v) is 2.99. The molecule has 3 nitrogen and oxygen atoms in total. The molecule has 1 aromatic rings. The first kappa shape index (κ1) is 15.5. The Morgan fingerprint density at radius 1 is 1.45 bits per heavy atom. The Balaban J connectivity index is 1.83. The van der Waals surface area contributed by atoms with Gasteiger partial charge in [-0.2, -0.15) is 0 Å². The molecular weight excluding hydrogens is 316 g/mol. The zero-order chi connectivity index (χ0) is 14.5. The van der Waals surface area contributed by atoms with E-state index in [0.717, 1.165) is 36.8 Å². The summed E-state index contributed by atoms with van der Waals surface area (Å²) in [7, 11) is 0. The summed E-state index contributed by atoms with van der Waals surface area (Å²) in [5.41, 5.74) is 7.18. The van der Waals surface area contributed by atoms with E-state index in [1.54, 1.807) is 0 Å². The molecule has 0 aromatic heterocycles. The number of carbonyl (C=O) groups excluding carboxylic acids is 1. The summed E-state index contributed by atoms with van der Waals surface area (Å²) in [6.45, 7) is 3.76. The van der Waals surface area contributed by atoms with Crippen molar-refractivity contribution >= 4 is 21.8 Å². The number of hydrogen-bond donors (Lipinski definition) is 1. The second-order valence-electron chi connectivity index (χ2n) is 5.73. The van der Waals surface area contributed by atoms with Crippen LogP contribution in [0.25, 0.3) is 0 Å². The van der Waals surface area contributed by atoms with Crippen LogP contribution >= 0.6 is 15.9 Å². The predicted molar refractivity (Wildman–Crippen MR) is 85.4 cm³/mol. The first-order valence-corrected chi connectivity index (χ1v) is 8.13. The SMILES string of the molecule is CC(N)C1CCCN(C(=O)CCc2ccc(Br)cc2)C1. The van der Waals surface area contributed by atoms with Gasteiger partial charge >= 0.3 is 0 Å². The fourth-order valence-electron chi connectivity index (χ4n) is 2.73. The molecule has 1 saturated heterocycles. The van der Waals surface area contributed by atoms with Gasteiger partial charge in [-0.1, -0.05) is 28.1 Å². The van der Waals surface area contributed by atoms with Crippen LogP contribution in [0.15, 0.2) is 28.7 Å². The van der Waals surface area contributed by atoms with Crippen molar-refractivity contribution in [3.8, 4) is 0 Å². The largest absolute Gasteiger partial charge is 0.342 e. The second-order valence-corrected chi connectivity index (χ2v) is 6.64. The summed E-state index contributed by atoms with van der Waals surface area (Å²) in [6, 6.07) is 8.35. The van der Waals surface area contributed by atoms with Crippen LogP contribution in [0.3, 0.4) is 0 Å². The molecule has 0 radical (unpaired) electrons. The highest BCUT2D eigenvalue weighted by Crippen LogP contribution is 2.20. The van der Waals surface area contributed by atoms with Gasteiger partial charge in [0.2, 0.25) is 5.91 Å². The topological polar surface area (TPSA) is 46.3 Å². The lowest BCUT2D eigenvalue weighted by Gasteiger charge is -2.34. The van der Waals surface area contributed by atoms with Crippen molar-refractivity contribution in [2.45, 2.75) is 38.6 Å². The van der Waals surface area contributed by atoms with E-state index in [1.807, 2.05) is 24.0 Å². The smallest absolute Gasteiger partial charge is 0.222 e. The lowest BCUT2D eigenvalue weighted by molar-refractivity contribution is -0.133. The molecule has 2 unspecified atom stereocenters. The number of amides is 1. The standard InChI is InChI=1S/C16H23BrN2O/c1-12(18)14-3-2-10-19(11-14)16(20)9-6-13-4-7-15(17)8-5-13/h4-5,7-8,12,14H,2-3,6,9-11,18H2,1H3. The quantitative estimate of drug-likeness (QED) is 0.917. The molecule has 1 aromatic carbocycles. The maximum atomic E-state index is 12.3. The highest BCUT2D eigenvalue weighted by Gasteiger charge is 2.25. The lowest BCUT2D eigenvalue weighted by atomic mass is 9.92. The summed E-state index contributed by atoms with van der Waals surface area (Å²) in [6.07, 6.45) is 3.63. The number of benzene rings is 1. The van der Waals surface area contributed by atoms with Crippen molar-refractivity contribution in [3.63, 3.8) is 0 Å². The van der Waals surface area contributed by atoms with Crippen molar-refractivity contribution < 1.29 is 4.79 Å². The van der Waals surface area contributed by atoms with Gasteiger partial charge in [0.15, 0.2) is 0 Å². The summed E-state index contributed by atoms with van der Waals surface area (Å²) in [4.78, 5) is 14.3. The monoisotopic (exact) mass is 338 g/mol. The van der Waals surface area contributed by atoms with Crippen molar-refractivity contribution in [2.24, 2.45) is 11.7 Å². The number of aryl methyl sites for hydroxylation is 1. The van der Waals surface area contributed by atoms with Gasteiger partial charge in [0, 0.05) is 30.0 Å². The molecule has 4 heteroatoms. The molecule has 1 fully saturated rings. The number of hydrogen-bond acceptors (Lipinski definition) is 2. The summed E-state index contributed by atoms with van der Waals surface area (Å²) in [5.74, 6) is 0.721. The van der Waals surface area contributed by atoms with Crippen molar-refractivity contribution in [1.29, 1.82) is 0 Å². The third-order valence-corrected chi connectivity index (χ3v) is 4.62. The maximum Gasteiger partial charge on any atom is 0.222 e. The fraction of sp³-hybridized carbons (Fsp3) is 0.562. The van der Waals surface area contributed by atoms with Crippen LogP contribution < -0.4 is 5.73 Å². The van der Waals surface area contributed by atoms with E-state index < -0.39 is 0 Å². The maximum absolute atomic E-state index is 12.3. The van der Waals surface area contributed by atoms with Crippen molar-refractivity contribution in [3.05, 3.63) is 34.3 Å². The van der Waals surface area contributed by atoms with Crippen LogP contribution in [0.1, 0.15) is 31.7 Å². The minimum Gasteiger partial charge on any atom is -0.342 e. The molecule has 2 N–H and O–H groups in total. The molecule has 1 heterocycles. The van der Waals surface area contributed by atoms with E-state index >= 15 is 0 Å². The van der Waals surface area contributed by atoms with Crippen LogP contribution in [-0.2, 0) is 11.2 Å². The normalized spacial score (nSPS) is 20.8. The molecule has 0 spiro atoms. The number of nitrogens with zero attached hydrogens (tertiary/aromatic N) is 1. The van der Waals surface area contributed by atoms with Crippen molar-refractivity contribution in [2.75, 3.05) is 13.1 Å².